The monoisotopic (exact) mass is 442 g/mol. The molecule has 1 fully saturated rings. The highest BCUT2D eigenvalue weighted by molar-refractivity contribution is 6.33. The van der Waals surface area contributed by atoms with Crippen LogP contribution in [0.1, 0.15) is 29.6 Å². The van der Waals surface area contributed by atoms with Crippen molar-refractivity contribution >= 4 is 17.5 Å². The molecule has 168 valence electrons. The van der Waals surface area contributed by atoms with Crippen LogP contribution in [-0.2, 0) is 4.74 Å². The number of fused-ring (bicyclic) bond motifs is 1. The predicted molar refractivity (Wildman–Crippen MR) is 113 cm³/mol. The van der Waals surface area contributed by atoms with Gasteiger partial charge in [-0.05, 0) is 25.5 Å². The number of aliphatic hydroxyl groups excluding tert-OH is 1. The molecule has 0 saturated carbocycles. The molecule has 1 saturated heterocycles. The van der Waals surface area contributed by atoms with Gasteiger partial charge in [0, 0.05) is 45.7 Å². The summed E-state index contributed by atoms with van der Waals surface area (Å²) in [5.74, 6) is 0.756. The zero-order chi connectivity index (χ0) is 21.5. The van der Waals surface area contributed by atoms with Crippen molar-refractivity contribution in [3.8, 4) is 17.2 Å². The predicted octanol–water partition coefficient (Wildman–Crippen LogP) is 1.96. The summed E-state index contributed by atoms with van der Waals surface area (Å²) in [7, 11) is 3.19. The van der Waals surface area contributed by atoms with Crippen molar-refractivity contribution in [1.82, 2.24) is 10.2 Å². The van der Waals surface area contributed by atoms with Gasteiger partial charge in [0.25, 0.3) is 5.91 Å². The first-order valence-electron chi connectivity index (χ1n) is 10.4. The van der Waals surface area contributed by atoms with Gasteiger partial charge >= 0.3 is 0 Å². The molecule has 1 unspecified atom stereocenters. The molecule has 2 atom stereocenters. The van der Waals surface area contributed by atoms with Crippen LogP contribution in [0.15, 0.2) is 6.07 Å². The Hall–Kier alpha value is -1.74. The van der Waals surface area contributed by atoms with Gasteiger partial charge in [0.1, 0.15) is 0 Å². The summed E-state index contributed by atoms with van der Waals surface area (Å²) >= 11 is 6.31. The molecule has 2 aliphatic heterocycles. The summed E-state index contributed by atoms with van der Waals surface area (Å²) in [5, 5.41) is 13.7. The van der Waals surface area contributed by atoms with E-state index >= 15 is 0 Å². The van der Waals surface area contributed by atoms with Crippen LogP contribution in [0.3, 0.4) is 0 Å². The van der Waals surface area contributed by atoms with E-state index in [4.69, 9.17) is 30.5 Å². The third-order valence-corrected chi connectivity index (χ3v) is 5.81. The minimum atomic E-state index is -0.488. The van der Waals surface area contributed by atoms with E-state index in [9.17, 15) is 9.90 Å². The lowest BCUT2D eigenvalue weighted by atomic mass is 9.93. The summed E-state index contributed by atoms with van der Waals surface area (Å²) < 4.78 is 21.9. The molecule has 2 heterocycles. The van der Waals surface area contributed by atoms with Crippen LogP contribution in [0, 0.1) is 5.92 Å². The van der Waals surface area contributed by atoms with E-state index in [-0.39, 0.29) is 16.8 Å². The van der Waals surface area contributed by atoms with Gasteiger partial charge < -0.3 is 34.3 Å². The number of methoxy groups -OCH3 is 2. The van der Waals surface area contributed by atoms with Gasteiger partial charge in [-0.3, -0.25) is 4.79 Å². The molecule has 3 rings (SSSR count). The lowest BCUT2D eigenvalue weighted by molar-refractivity contribution is 0.0192. The Kier molecular flexibility index (Phi) is 8.44. The molecule has 0 spiro atoms. The van der Waals surface area contributed by atoms with Crippen molar-refractivity contribution < 1.29 is 28.8 Å². The van der Waals surface area contributed by atoms with Crippen LogP contribution in [0.2, 0.25) is 5.02 Å². The highest BCUT2D eigenvalue weighted by Gasteiger charge is 2.30. The minimum absolute atomic E-state index is 0.00267. The standard InChI is InChI=1S/C21H31ClN2O6/c1-27-8-3-6-24-7-5-14(17(25)13-24)12-23-21(26)15-11-16(22)19(28-2)20-18(15)29-9-4-10-30-20/h11,14,17,25H,3-10,12-13H2,1-2H3,(H,23,26)/t14-,17?/m0/s1. The van der Waals surface area contributed by atoms with Crippen molar-refractivity contribution in [2.45, 2.75) is 25.4 Å². The van der Waals surface area contributed by atoms with Gasteiger partial charge in [0.2, 0.25) is 5.75 Å². The quantitative estimate of drug-likeness (QED) is 0.595. The molecule has 2 N–H and O–H groups in total. The van der Waals surface area contributed by atoms with Gasteiger partial charge in [0.15, 0.2) is 11.5 Å². The molecular formula is C21H31ClN2O6. The second kappa shape index (κ2) is 11.0. The van der Waals surface area contributed by atoms with Crippen LogP contribution in [0.25, 0.3) is 0 Å². The average Bonchev–Trinajstić information content (AvgIpc) is 2.98. The van der Waals surface area contributed by atoms with E-state index in [2.05, 4.69) is 10.2 Å². The maximum Gasteiger partial charge on any atom is 0.255 e. The summed E-state index contributed by atoms with van der Waals surface area (Å²) in [6.45, 7) is 4.39. The number of carbonyl (C=O) groups is 1. The Labute approximate surface area is 182 Å². The van der Waals surface area contributed by atoms with Crippen molar-refractivity contribution in [3.05, 3.63) is 16.7 Å². The van der Waals surface area contributed by atoms with Gasteiger partial charge in [-0.2, -0.15) is 0 Å². The molecule has 1 aromatic carbocycles. The first-order chi connectivity index (χ1) is 14.5. The number of carbonyl (C=O) groups excluding carboxylic acids is 1. The van der Waals surface area contributed by atoms with Crippen LogP contribution in [-0.4, -0.2) is 82.2 Å². The van der Waals surface area contributed by atoms with Crippen LogP contribution in [0.4, 0.5) is 0 Å². The number of benzene rings is 1. The largest absolute Gasteiger partial charge is 0.491 e. The third-order valence-electron chi connectivity index (χ3n) is 5.53. The minimum Gasteiger partial charge on any atom is -0.491 e. The van der Waals surface area contributed by atoms with Crippen LogP contribution >= 0.6 is 11.6 Å². The zero-order valence-corrected chi connectivity index (χ0v) is 18.4. The first kappa shape index (κ1) is 22.9. The number of piperidine rings is 1. The molecule has 2 aliphatic rings. The lowest BCUT2D eigenvalue weighted by Gasteiger charge is -2.36. The van der Waals surface area contributed by atoms with E-state index in [0.717, 1.165) is 25.9 Å². The van der Waals surface area contributed by atoms with Gasteiger partial charge in [0.05, 0.1) is 37.0 Å². The van der Waals surface area contributed by atoms with Crippen LogP contribution in [0.5, 0.6) is 17.2 Å². The van der Waals surface area contributed by atoms with E-state index in [0.29, 0.717) is 62.1 Å². The molecule has 0 aliphatic carbocycles. The van der Waals surface area contributed by atoms with E-state index in [1.54, 1.807) is 7.11 Å². The number of nitrogens with one attached hydrogen (secondary N) is 1. The van der Waals surface area contributed by atoms with Crippen molar-refractivity contribution in [2.75, 3.05) is 60.2 Å². The molecule has 1 amide bonds. The molecule has 0 radical (unpaired) electrons. The molecule has 8 nitrogen and oxygen atoms in total. The molecule has 9 heteroatoms. The smallest absolute Gasteiger partial charge is 0.255 e. The highest BCUT2D eigenvalue weighted by Crippen LogP contribution is 2.46. The van der Waals surface area contributed by atoms with E-state index < -0.39 is 6.10 Å². The number of halogens is 1. The summed E-state index contributed by atoms with van der Waals surface area (Å²) in [6, 6.07) is 1.54. The fourth-order valence-corrected chi connectivity index (χ4v) is 4.14. The maximum atomic E-state index is 12.9. The molecule has 0 aromatic heterocycles. The SMILES string of the molecule is COCCCN1CC[C@@H](CNC(=O)c2cc(Cl)c(OC)c3c2OCCCO3)C(O)C1. The Morgan fingerprint density at radius 1 is 1.33 bits per heavy atom. The molecule has 1 aromatic rings. The Balaban J connectivity index is 1.62. The van der Waals surface area contributed by atoms with Gasteiger partial charge in [-0.15, -0.1) is 0 Å². The number of rotatable bonds is 8. The summed E-state index contributed by atoms with van der Waals surface area (Å²) in [4.78, 5) is 15.1. The second-order valence-corrected chi connectivity index (χ2v) is 8.03. The summed E-state index contributed by atoms with van der Waals surface area (Å²) in [5.41, 5.74) is 0.309. The highest BCUT2D eigenvalue weighted by atomic mass is 35.5. The number of likely N-dealkylation sites (tertiary alicyclic amines) is 1. The average molecular weight is 443 g/mol. The summed E-state index contributed by atoms with van der Waals surface area (Å²) in [6.07, 6.45) is 1.97. The normalized spacial score (nSPS) is 21.7. The van der Waals surface area contributed by atoms with E-state index in [1.165, 1.54) is 13.2 Å². The number of hydrogen-bond donors (Lipinski definition) is 2. The Morgan fingerprint density at radius 2 is 2.10 bits per heavy atom. The van der Waals surface area contributed by atoms with Crippen molar-refractivity contribution in [2.24, 2.45) is 5.92 Å². The fraction of sp³-hybridized carbons (Fsp3) is 0.667. The topological polar surface area (TPSA) is 89.5 Å². The van der Waals surface area contributed by atoms with Crippen molar-refractivity contribution in [3.63, 3.8) is 0 Å². The number of ether oxygens (including phenoxy) is 4. The fourth-order valence-electron chi connectivity index (χ4n) is 3.87. The second-order valence-electron chi connectivity index (χ2n) is 7.62. The number of nitrogens with zero attached hydrogens (tertiary/aromatic N) is 1. The molecule has 0 bridgehead atoms. The van der Waals surface area contributed by atoms with Crippen LogP contribution < -0.4 is 19.5 Å². The zero-order valence-electron chi connectivity index (χ0n) is 17.6. The number of amides is 1. The van der Waals surface area contributed by atoms with Crippen molar-refractivity contribution in [1.29, 1.82) is 0 Å². The first-order valence-corrected chi connectivity index (χ1v) is 10.8. The maximum absolute atomic E-state index is 12.9. The van der Waals surface area contributed by atoms with E-state index in [1.807, 2.05) is 0 Å². The number of hydrogen-bond acceptors (Lipinski definition) is 7. The molecule has 30 heavy (non-hydrogen) atoms. The van der Waals surface area contributed by atoms with Gasteiger partial charge in [-0.1, -0.05) is 11.6 Å². The Bertz CT molecular complexity index is 732. The third kappa shape index (κ3) is 5.49. The lowest BCUT2D eigenvalue weighted by Crippen LogP contribution is -2.48. The Morgan fingerprint density at radius 3 is 2.80 bits per heavy atom. The van der Waals surface area contributed by atoms with Gasteiger partial charge in [-0.25, -0.2) is 0 Å². The number of β-amino-alcohol motifs (C(OH)–C–C–N with tert-alkyl or cyclic N) is 1. The molecular weight excluding hydrogens is 412 g/mol. The number of aliphatic hydroxyl groups is 1.